The van der Waals surface area contributed by atoms with Gasteiger partial charge in [-0.25, -0.2) is 4.79 Å². The van der Waals surface area contributed by atoms with Crippen molar-refractivity contribution in [1.82, 2.24) is 0 Å². The minimum Gasteiger partial charge on any atom is -0.482 e. The largest absolute Gasteiger partial charge is 0.482 e. The fraction of sp³-hybridized carbons (Fsp3) is 0.318. The summed E-state index contributed by atoms with van der Waals surface area (Å²) >= 11 is 0. The van der Waals surface area contributed by atoms with Crippen LogP contribution in [0.15, 0.2) is 48.5 Å². The Morgan fingerprint density at radius 3 is 2.55 bits per heavy atom. The summed E-state index contributed by atoms with van der Waals surface area (Å²) in [5.41, 5.74) is 2.31. The van der Waals surface area contributed by atoms with Gasteiger partial charge in [0.1, 0.15) is 5.75 Å². The Kier molecular flexibility index (Phi) is 6.49. The summed E-state index contributed by atoms with van der Waals surface area (Å²) in [4.78, 5) is 38.2. The number of nitrogens with zero attached hydrogens (tertiary/aromatic N) is 1. The molecule has 1 heterocycles. The molecule has 0 unspecified atom stereocenters. The molecule has 2 aromatic carbocycles. The molecule has 1 N–H and O–H groups in total. The molecule has 1 atom stereocenters. The molecular weight excluding hydrogens is 372 g/mol. The lowest BCUT2D eigenvalue weighted by Crippen LogP contribution is -2.41. The van der Waals surface area contributed by atoms with Gasteiger partial charge in [-0.1, -0.05) is 31.2 Å². The Hall–Kier alpha value is -3.35. The van der Waals surface area contributed by atoms with Crippen molar-refractivity contribution in [2.45, 2.75) is 32.7 Å². The maximum Gasteiger partial charge on any atom is 0.344 e. The molecule has 0 saturated carbocycles. The topological polar surface area (TPSA) is 84.9 Å². The van der Waals surface area contributed by atoms with E-state index in [0.29, 0.717) is 17.1 Å². The normalized spacial score (nSPS) is 15.7. The van der Waals surface area contributed by atoms with E-state index in [1.807, 2.05) is 12.1 Å². The highest BCUT2D eigenvalue weighted by Crippen LogP contribution is 2.31. The number of carbonyl (C=O) groups excluding carboxylic acids is 3. The second kappa shape index (κ2) is 9.23. The first kappa shape index (κ1) is 20.4. The Bertz CT molecular complexity index is 894. The van der Waals surface area contributed by atoms with E-state index in [1.54, 1.807) is 43.3 Å². The molecule has 2 aromatic rings. The fourth-order valence-corrected chi connectivity index (χ4v) is 3.18. The van der Waals surface area contributed by atoms with Gasteiger partial charge in [-0.15, -0.1) is 0 Å². The monoisotopic (exact) mass is 396 g/mol. The first-order chi connectivity index (χ1) is 14.0. The van der Waals surface area contributed by atoms with E-state index in [0.717, 1.165) is 6.42 Å². The van der Waals surface area contributed by atoms with E-state index in [-0.39, 0.29) is 25.0 Å². The zero-order valence-corrected chi connectivity index (χ0v) is 16.5. The van der Waals surface area contributed by atoms with Crippen molar-refractivity contribution in [3.8, 4) is 5.75 Å². The third-order valence-corrected chi connectivity index (χ3v) is 4.67. The van der Waals surface area contributed by atoms with Crippen LogP contribution in [0.25, 0.3) is 0 Å². The van der Waals surface area contributed by atoms with Crippen LogP contribution < -0.4 is 15.0 Å². The summed E-state index contributed by atoms with van der Waals surface area (Å²) in [5, 5.41) is 2.79. The van der Waals surface area contributed by atoms with Crippen LogP contribution in [0.2, 0.25) is 0 Å². The Morgan fingerprint density at radius 1 is 1.10 bits per heavy atom. The maximum absolute atomic E-state index is 12.7. The maximum atomic E-state index is 12.7. The fourth-order valence-electron chi connectivity index (χ4n) is 3.18. The molecule has 0 fully saturated rings. The second-order valence-electron chi connectivity index (χ2n) is 6.83. The van der Waals surface area contributed by atoms with E-state index in [2.05, 4.69) is 12.2 Å². The van der Waals surface area contributed by atoms with Gasteiger partial charge in [0.2, 0.25) is 5.91 Å². The van der Waals surface area contributed by atoms with Crippen LogP contribution in [0.3, 0.4) is 0 Å². The van der Waals surface area contributed by atoms with E-state index in [9.17, 15) is 14.4 Å². The van der Waals surface area contributed by atoms with Gasteiger partial charge in [-0.05, 0) is 43.2 Å². The molecule has 1 aliphatic heterocycles. The molecule has 1 aliphatic rings. The third kappa shape index (κ3) is 5.13. The molecule has 2 amide bonds. The van der Waals surface area contributed by atoms with Gasteiger partial charge in [0.15, 0.2) is 13.2 Å². The predicted octanol–water partition coefficient (Wildman–Crippen LogP) is 2.93. The van der Waals surface area contributed by atoms with Crippen molar-refractivity contribution in [2.24, 2.45) is 0 Å². The smallest absolute Gasteiger partial charge is 0.344 e. The summed E-state index contributed by atoms with van der Waals surface area (Å²) in [7, 11) is 0. The van der Waals surface area contributed by atoms with Gasteiger partial charge >= 0.3 is 5.97 Å². The first-order valence-electron chi connectivity index (χ1n) is 9.56. The molecular formula is C22H24N2O5. The highest BCUT2D eigenvalue weighted by Gasteiger charge is 2.30. The van der Waals surface area contributed by atoms with Gasteiger partial charge in [-0.3, -0.25) is 9.59 Å². The standard InChI is InChI=1S/C22H24N2O5/c1-3-16-8-10-17(11-9-16)28-14-22(27)29-13-21(26)24-15(2)12-20(25)23-18-6-4-5-7-19(18)24/h4-11,15H,3,12-14H2,1-2H3,(H,23,25)/t15-/m1/s1. The van der Waals surface area contributed by atoms with Crippen LogP contribution >= 0.6 is 0 Å². The average Bonchev–Trinajstić information content (AvgIpc) is 2.85. The van der Waals surface area contributed by atoms with Crippen LogP contribution in [-0.2, 0) is 25.5 Å². The number of fused-ring (bicyclic) bond motifs is 1. The van der Waals surface area contributed by atoms with Gasteiger partial charge < -0.3 is 19.7 Å². The minimum absolute atomic E-state index is 0.158. The van der Waals surface area contributed by atoms with Crippen LogP contribution in [0.5, 0.6) is 5.75 Å². The Balaban J connectivity index is 1.57. The number of esters is 1. The Morgan fingerprint density at radius 2 is 1.83 bits per heavy atom. The highest BCUT2D eigenvalue weighted by atomic mass is 16.6. The molecule has 7 nitrogen and oxygen atoms in total. The molecule has 0 aromatic heterocycles. The molecule has 152 valence electrons. The molecule has 29 heavy (non-hydrogen) atoms. The quantitative estimate of drug-likeness (QED) is 0.759. The molecule has 0 saturated heterocycles. The summed E-state index contributed by atoms with van der Waals surface area (Å²) in [6, 6.07) is 14.1. The molecule has 7 heteroatoms. The van der Waals surface area contributed by atoms with Crippen molar-refractivity contribution >= 4 is 29.2 Å². The number of hydrogen-bond donors (Lipinski definition) is 1. The number of nitrogens with one attached hydrogen (secondary N) is 1. The molecule has 0 spiro atoms. The number of para-hydroxylation sites is 2. The number of carbonyl (C=O) groups is 3. The lowest BCUT2D eigenvalue weighted by atomic mass is 10.1. The van der Waals surface area contributed by atoms with Crippen LogP contribution in [0.1, 0.15) is 25.8 Å². The number of hydrogen-bond acceptors (Lipinski definition) is 5. The molecule has 0 aliphatic carbocycles. The summed E-state index contributed by atoms with van der Waals surface area (Å²) in [5.74, 6) is -0.644. The summed E-state index contributed by atoms with van der Waals surface area (Å²) in [6.07, 6.45) is 1.08. The first-order valence-corrected chi connectivity index (χ1v) is 9.56. The van der Waals surface area contributed by atoms with E-state index < -0.39 is 18.5 Å². The SMILES string of the molecule is CCc1ccc(OCC(=O)OCC(=O)N2c3ccccc3NC(=O)C[C@H]2C)cc1. The van der Waals surface area contributed by atoms with Crippen LogP contribution in [0.4, 0.5) is 11.4 Å². The van der Waals surface area contributed by atoms with Crippen LogP contribution in [0, 0.1) is 0 Å². The van der Waals surface area contributed by atoms with Crippen molar-refractivity contribution in [3.05, 3.63) is 54.1 Å². The number of anilines is 2. The average molecular weight is 396 g/mol. The van der Waals surface area contributed by atoms with Gasteiger partial charge in [0.05, 0.1) is 11.4 Å². The van der Waals surface area contributed by atoms with Gasteiger partial charge in [0, 0.05) is 12.5 Å². The number of rotatable bonds is 6. The number of ether oxygens (including phenoxy) is 2. The Labute approximate surface area is 169 Å². The zero-order valence-electron chi connectivity index (χ0n) is 16.5. The lowest BCUT2D eigenvalue weighted by molar-refractivity contribution is -0.149. The van der Waals surface area contributed by atoms with Crippen molar-refractivity contribution in [3.63, 3.8) is 0 Å². The second-order valence-corrected chi connectivity index (χ2v) is 6.83. The van der Waals surface area contributed by atoms with Gasteiger partial charge in [-0.2, -0.15) is 0 Å². The predicted molar refractivity (Wildman–Crippen MR) is 109 cm³/mol. The van der Waals surface area contributed by atoms with E-state index in [4.69, 9.17) is 9.47 Å². The van der Waals surface area contributed by atoms with Crippen molar-refractivity contribution < 1.29 is 23.9 Å². The number of aryl methyl sites for hydroxylation is 1. The van der Waals surface area contributed by atoms with E-state index in [1.165, 1.54) is 10.5 Å². The lowest BCUT2D eigenvalue weighted by Gasteiger charge is -2.27. The molecule has 0 radical (unpaired) electrons. The molecule has 0 bridgehead atoms. The third-order valence-electron chi connectivity index (χ3n) is 4.67. The highest BCUT2D eigenvalue weighted by molar-refractivity contribution is 6.05. The summed E-state index contributed by atoms with van der Waals surface area (Å²) < 4.78 is 10.5. The molecule has 3 rings (SSSR count). The van der Waals surface area contributed by atoms with E-state index >= 15 is 0 Å². The zero-order chi connectivity index (χ0) is 20.8. The summed E-state index contributed by atoms with van der Waals surface area (Å²) in [6.45, 7) is 3.12. The van der Waals surface area contributed by atoms with Crippen LogP contribution in [-0.4, -0.2) is 37.0 Å². The van der Waals surface area contributed by atoms with Gasteiger partial charge in [0.25, 0.3) is 5.91 Å². The number of benzene rings is 2. The number of amides is 2. The van der Waals surface area contributed by atoms with Crippen molar-refractivity contribution in [1.29, 1.82) is 0 Å². The minimum atomic E-state index is -0.636. The van der Waals surface area contributed by atoms with Crippen molar-refractivity contribution in [2.75, 3.05) is 23.4 Å².